The van der Waals surface area contributed by atoms with Crippen LogP contribution in [0.25, 0.3) is 0 Å². The van der Waals surface area contributed by atoms with Crippen LogP contribution in [0.15, 0.2) is 72.8 Å². The summed E-state index contributed by atoms with van der Waals surface area (Å²) in [4.78, 5) is 65.7. The number of esters is 1. The molecule has 7 rings (SSSR count). The highest BCUT2D eigenvalue weighted by atomic mass is 16.6. The lowest BCUT2D eigenvalue weighted by Crippen LogP contribution is -2.47. The van der Waals surface area contributed by atoms with Crippen molar-refractivity contribution in [2.45, 2.75) is 44.1 Å². The Morgan fingerprint density at radius 3 is 1.95 bits per heavy atom. The van der Waals surface area contributed by atoms with Gasteiger partial charge in [0.1, 0.15) is 6.04 Å². The fraction of sp³-hybridized carbons (Fsp3) is 0.312. The van der Waals surface area contributed by atoms with Gasteiger partial charge in [0.05, 0.1) is 16.8 Å². The van der Waals surface area contributed by atoms with E-state index in [-0.39, 0.29) is 41.4 Å². The number of nitrogens with zero attached hydrogens (tertiary/aromatic N) is 2. The van der Waals surface area contributed by atoms with Gasteiger partial charge < -0.3 is 10.1 Å². The maximum atomic E-state index is 14.1. The number of likely N-dealkylation sites (tertiary alicyclic amines) is 1. The standard InChI is InChI=1S/C32H29N3O7/c1-2-3-15-24(32(39)42-17-25(36)33-18-9-8-10-19(16-18)35(40)41)34-30(37)28-26-20-11-4-5-12-21(20)27(29(28)31(34)38)23-14-7-6-13-22(23)26/h4-14,16,24,26-29H,2-3,15,17H2,1H3,(H,33,36)/t24-,26?,27?,28+,29+/m1/s1. The smallest absolute Gasteiger partial charge is 0.329 e. The summed E-state index contributed by atoms with van der Waals surface area (Å²) < 4.78 is 5.34. The third-order valence-electron chi connectivity index (χ3n) is 8.58. The highest BCUT2D eigenvalue weighted by molar-refractivity contribution is 6.10. The zero-order valence-corrected chi connectivity index (χ0v) is 22.9. The number of carbonyl (C=O) groups is 4. The molecule has 10 heteroatoms. The molecule has 214 valence electrons. The van der Waals surface area contributed by atoms with E-state index in [0.717, 1.165) is 33.6 Å². The minimum absolute atomic E-state index is 0.177. The summed E-state index contributed by atoms with van der Waals surface area (Å²) in [6.07, 6.45) is 1.51. The van der Waals surface area contributed by atoms with Crippen molar-refractivity contribution in [2.24, 2.45) is 11.8 Å². The number of ether oxygens (including phenoxy) is 1. The van der Waals surface area contributed by atoms with Gasteiger partial charge in [0.2, 0.25) is 11.8 Å². The molecule has 2 bridgehead atoms. The average molecular weight is 568 g/mol. The summed E-state index contributed by atoms with van der Waals surface area (Å²) in [5, 5.41) is 13.5. The van der Waals surface area contributed by atoms with E-state index in [9.17, 15) is 29.3 Å². The molecule has 0 spiro atoms. The van der Waals surface area contributed by atoms with Gasteiger partial charge in [-0.2, -0.15) is 0 Å². The highest BCUT2D eigenvalue weighted by Crippen LogP contribution is 2.61. The van der Waals surface area contributed by atoms with Crippen LogP contribution in [0.5, 0.6) is 0 Å². The molecular formula is C32H29N3O7. The largest absolute Gasteiger partial charge is 0.454 e. The lowest BCUT2D eigenvalue weighted by atomic mass is 9.55. The summed E-state index contributed by atoms with van der Waals surface area (Å²) >= 11 is 0. The van der Waals surface area contributed by atoms with Crippen molar-refractivity contribution >= 4 is 35.1 Å². The monoisotopic (exact) mass is 567 g/mol. The van der Waals surface area contributed by atoms with Gasteiger partial charge >= 0.3 is 5.97 Å². The molecule has 1 N–H and O–H groups in total. The second-order valence-electron chi connectivity index (χ2n) is 10.9. The number of benzene rings is 3. The second-order valence-corrected chi connectivity index (χ2v) is 10.9. The number of carbonyl (C=O) groups excluding carboxylic acids is 4. The number of nitro groups is 1. The Balaban J connectivity index is 1.24. The molecule has 3 aromatic rings. The van der Waals surface area contributed by atoms with Gasteiger partial charge in [-0.15, -0.1) is 0 Å². The minimum atomic E-state index is -1.16. The number of nitro benzene ring substituents is 1. The van der Waals surface area contributed by atoms with Crippen molar-refractivity contribution in [3.05, 3.63) is 105 Å². The van der Waals surface area contributed by atoms with E-state index in [1.807, 2.05) is 55.5 Å². The minimum Gasteiger partial charge on any atom is -0.454 e. The molecule has 3 aromatic carbocycles. The van der Waals surface area contributed by atoms with Crippen LogP contribution in [0.3, 0.4) is 0 Å². The maximum absolute atomic E-state index is 14.1. The van der Waals surface area contributed by atoms with Crippen molar-refractivity contribution in [1.82, 2.24) is 4.90 Å². The number of hydrogen-bond acceptors (Lipinski definition) is 7. The Bertz CT molecular complexity index is 1500. The molecule has 0 radical (unpaired) electrons. The van der Waals surface area contributed by atoms with Gasteiger partial charge in [-0.1, -0.05) is 74.4 Å². The number of amides is 3. The van der Waals surface area contributed by atoms with E-state index in [1.165, 1.54) is 24.3 Å². The number of hydrogen-bond donors (Lipinski definition) is 1. The van der Waals surface area contributed by atoms with Crippen molar-refractivity contribution in [3.8, 4) is 0 Å². The number of anilines is 1. The molecule has 1 saturated heterocycles. The van der Waals surface area contributed by atoms with Gasteiger partial charge in [0.15, 0.2) is 6.61 Å². The SMILES string of the molecule is CCCC[C@H](C(=O)OCC(=O)Nc1cccc([N+](=O)[O-])c1)N1C(=O)[C@H]2C3c4ccccc4C(c4ccccc43)[C@@H]2C1=O. The number of rotatable bonds is 9. The first-order valence-electron chi connectivity index (χ1n) is 14.1. The van der Waals surface area contributed by atoms with Crippen LogP contribution in [-0.2, 0) is 23.9 Å². The lowest BCUT2D eigenvalue weighted by molar-refractivity contribution is -0.384. The molecule has 1 fully saturated rings. The molecule has 3 aliphatic carbocycles. The number of nitrogens with one attached hydrogen (secondary N) is 1. The molecule has 0 aromatic heterocycles. The predicted molar refractivity (Wildman–Crippen MR) is 151 cm³/mol. The summed E-state index contributed by atoms with van der Waals surface area (Å²) in [5.74, 6) is -4.14. The summed E-state index contributed by atoms with van der Waals surface area (Å²) in [7, 11) is 0. The molecule has 0 saturated carbocycles. The van der Waals surface area contributed by atoms with Crippen LogP contribution in [0.1, 0.15) is 60.3 Å². The third-order valence-corrected chi connectivity index (χ3v) is 8.58. The molecule has 42 heavy (non-hydrogen) atoms. The Morgan fingerprint density at radius 1 is 0.905 bits per heavy atom. The maximum Gasteiger partial charge on any atom is 0.329 e. The van der Waals surface area contributed by atoms with Gasteiger partial charge in [-0.25, -0.2) is 4.79 Å². The topological polar surface area (TPSA) is 136 Å². The number of non-ortho nitro benzene ring substituents is 1. The molecule has 0 unspecified atom stereocenters. The number of imide groups is 1. The van der Waals surface area contributed by atoms with E-state index >= 15 is 0 Å². The van der Waals surface area contributed by atoms with Crippen molar-refractivity contribution in [3.63, 3.8) is 0 Å². The van der Waals surface area contributed by atoms with E-state index < -0.39 is 41.3 Å². The molecule has 1 aliphatic heterocycles. The van der Waals surface area contributed by atoms with Crippen molar-refractivity contribution in [1.29, 1.82) is 0 Å². The van der Waals surface area contributed by atoms with E-state index in [0.29, 0.717) is 6.42 Å². The zero-order valence-electron chi connectivity index (χ0n) is 22.9. The molecule has 3 amide bonds. The summed E-state index contributed by atoms with van der Waals surface area (Å²) in [6, 6.07) is 20.1. The normalized spacial score (nSPS) is 22.2. The van der Waals surface area contributed by atoms with Crippen LogP contribution in [0.4, 0.5) is 11.4 Å². The summed E-state index contributed by atoms with van der Waals surface area (Å²) in [5.41, 5.74) is 4.13. The van der Waals surface area contributed by atoms with E-state index in [1.54, 1.807) is 0 Å². The van der Waals surface area contributed by atoms with Gasteiger partial charge in [0, 0.05) is 29.7 Å². The van der Waals surface area contributed by atoms with Crippen LogP contribution >= 0.6 is 0 Å². The van der Waals surface area contributed by atoms with Crippen molar-refractivity contribution < 1.29 is 28.8 Å². The van der Waals surface area contributed by atoms with Crippen LogP contribution in [0.2, 0.25) is 0 Å². The Morgan fingerprint density at radius 2 is 1.45 bits per heavy atom. The third kappa shape index (κ3) is 4.43. The Labute approximate surface area is 241 Å². The van der Waals surface area contributed by atoms with E-state index in [4.69, 9.17) is 4.74 Å². The molecule has 10 nitrogen and oxygen atoms in total. The number of unbranched alkanes of at least 4 members (excludes halogenated alkanes) is 1. The molecule has 1 heterocycles. The highest BCUT2D eigenvalue weighted by Gasteiger charge is 2.63. The van der Waals surface area contributed by atoms with Crippen molar-refractivity contribution in [2.75, 3.05) is 11.9 Å². The Kier molecular flexibility index (Phi) is 7.06. The van der Waals surface area contributed by atoms with E-state index in [2.05, 4.69) is 5.32 Å². The van der Waals surface area contributed by atoms with Crippen LogP contribution < -0.4 is 5.32 Å². The van der Waals surface area contributed by atoms with Gasteiger partial charge in [-0.3, -0.25) is 29.4 Å². The first-order valence-corrected chi connectivity index (χ1v) is 14.1. The van der Waals surface area contributed by atoms with Crippen LogP contribution in [-0.4, -0.2) is 46.2 Å². The first kappa shape index (κ1) is 27.3. The van der Waals surface area contributed by atoms with Crippen LogP contribution in [0, 0.1) is 22.0 Å². The van der Waals surface area contributed by atoms with Gasteiger partial charge in [-0.05, 0) is 34.7 Å². The molecular weight excluding hydrogens is 538 g/mol. The molecule has 4 aliphatic rings. The first-order chi connectivity index (χ1) is 20.3. The fourth-order valence-electron chi connectivity index (χ4n) is 6.88. The summed E-state index contributed by atoms with van der Waals surface area (Å²) in [6.45, 7) is 1.27. The fourth-order valence-corrected chi connectivity index (χ4v) is 6.88. The Hall–Kier alpha value is -4.86. The average Bonchev–Trinajstić information content (AvgIpc) is 3.26. The van der Waals surface area contributed by atoms with Gasteiger partial charge in [0.25, 0.3) is 11.6 Å². The lowest BCUT2D eigenvalue weighted by Gasteiger charge is -2.45. The second kappa shape index (κ2) is 10.8. The molecule has 3 atom stereocenters. The zero-order chi connectivity index (χ0) is 29.5. The predicted octanol–water partition coefficient (Wildman–Crippen LogP) is 4.53. The quantitative estimate of drug-likeness (QED) is 0.174.